The fourth-order valence-corrected chi connectivity index (χ4v) is 1.07. The summed E-state index contributed by atoms with van der Waals surface area (Å²) in [5.41, 5.74) is 0. The lowest BCUT2D eigenvalue weighted by Crippen LogP contribution is -2.20. The van der Waals surface area contributed by atoms with E-state index in [4.69, 9.17) is 5.11 Å². The average Bonchev–Trinajstić information content (AvgIpc) is 2.04. The zero-order valence-corrected chi connectivity index (χ0v) is 8.42. The van der Waals surface area contributed by atoms with Crippen LogP contribution in [-0.2, 0) is 4.79 Å². The summed E-state index contributed by atoms with van der Waals surface area (Å²) in [6.07, 6.45) is 7.38. The van der Waals surface area contributed by atoms with Gasteiger partial charge >= 0.3 is 5.97 Å². The maximum Gasteiger partial charge on any atom is 0.329 e. The first-order chi connectivity index (χ1) is 6.16. The second-order valence-corrected chi connectivity index (χ2v) is 3.24. The lowest BCUT2D eigenvalue weighted by molar-refractivity contribution is -0.131. The summed E-state index contributed by atoms with van der Waals surface area (Å²) >= 11 is 0. The van der Waals surface area contributed by atoms with Gasteiger partial charge in [0.15, 0.2) is 0 Å². The summed E-state index contributed by atoms with van der Waals surface area (Å²) in [5.74, 6) is -0.909. The normalized spacial score (nSPS) is 13.1. The van der Waals surface area contributed by atoms with Crippen molar-refractivity contribution < 1.29 is 9.90 Å². The zero-order chi connectivity index (χ0) is 10.1. The van der Waals surface area contributed by atoms with Crippen LogP contribution in [0.4, 0.5) is 0 Å². The van der Waals surface area contributed by atoms with Crippen LogP contribution in [0.2, 0.25) is 0 Å². The van der Waals surface area contributed by atoms with E-state index in [1.54, 1.807) is 0 Å². The first-order valence-corrected chi connectivity index (χ1v) is 4.82. The van der Waals surface area contributed by atoms with Gasteiger partial charge in [-0.15, -0.1) is 0 Å². The second kappa shape index (κ2) is 7.65. The van der Waals surface area contributed by atoms with Crippen molar-refractivity contribution in [3.05, 3.63) is 12.3 Å². The summed E-state index contributed by atoms with van der Waals surface area (Å²) < 4.78 is 0. The minimum absolute atomic E-state index is 0.363. The van der Waals surface area contributed by atoms with E-state index in [1.807, 2.05) is 0 Å². The van der Waals surface area contributed by atoms with Crippen LogP contribution in [-0.4, -0.2) is 17.1 Å². The summed E-state index contributed by atoms with van der Waals surface area (Å²) in [6.45, 7) is 4.23. The number of aliphatic carboxylic acids is 1. The maximum atomic E-state index is 10.1. The monoisotopic (exact) mass is 185 g/mol. The molecule has 0 aromatic carbocycles. The Labute approximate surface area is 79.8 Å². The van der Waals surface area contributed by atoms with Gasteiger partial charge in [0.25, 0.3) is 0 Å². The fraction of sp³-hybridized carbons (Fsp3) is 0.700. The van der Waals surface area contributed by atoms with Gasteiger partial charge in [0.2, 0.25) is 0 Å². The van der Waals surface area contributed by atoms with Crippen molar-refractivity contribution in [2.24, 2.45) is 0 Å². The maximum absolute atomic E-state index is 10.1. The molecule has 3 heteroatoms. The van der Waals surface area contributed by atoms with Gasteiger partial charge in [-0.05, 0) is 13.3 Å². The Bertz CT molecular complexity index is 166. The molecule has 1 unspecified atom stereocenters. The summed E-state index contributed by atoms with van der Waals surface area (Å²) in [5, 5.41) is 11.3. The van der Waals surface area contributed by atoms with E-state index in [2.05, 4.69) is 19.2 Å². The Kier molecular flexibility index (Phi) is 7.07. The van der Waals surface area contributed by atoms with E-state index >= 15 is 0 Å². The number of rotatable bonds is 7. The van der Waals surface area contributed by atoms with E-state index in [1.165, 1.54) is 25.5 Å². The van der Waals surface area contributed by atoms with Crippen LogP contribution in [0, 0.1) is 0 Å². The molecule has 0 fully saturated rings. The number of nitrogens with one attached hydrogen (secondary N) is 1. The molecular formula is C10H19NO2. The molecular weight excluding hydrogens is 166 g/mol. The highest BCUT2D eigenvalue weighted by Crippen LogP contribution is 2.02. The molecule has 13 heavy (non-hydrogen) atoms. The van der Waals surface area contributed by atoms with E-state index in [0.717, 1.165) is 12.5 Å². The molecule has 0 saturated heterocycles. The van der Waals surface area contributed by atoms with Crippen molar-refractivity contribution in [2.75, 3.05) is 0 Å². The molecule has 0 aliphatic rings. The Balaban J connectivity index is 3.39. The van der Waals surface area contributed by atoms with E-state index < -0.39 is 5.97 Å². The number of hydrogen-bond donors (Lipinski definition) is 2. The van der Waals surface area contributed by atoms with Crippen molar-refractivity contribution in [1.29, 1.82) is 0 Å². The van der Waals surface area contributed by atoms with Crippen LogP contribution in [0.5, 0.6) is 0 Å². The lowest BCUT2D eigenvalue weighted by Gasteiger charge is -2.10. The first-order valence-electron chi connectivity index (χ1n) is 4.82. The topological polar surface area (TPSA) is 49.3 Å². The van der Waals surface area contributed by atoms with Gasteiger partial charge < -0.3 is 10.4 Å². The Hall–Kier alpha value is -0.990. The molecule has 0 aromatic heterocycles. The molecule has 0 bridgehead atoms. The van der Waals surface area contributed by atoms with Gasteiger partial charge in [-0.2, -0.15) is 0 Å². The number of unbranched alkanes of at least 4 members (excludes halogenated alkanes) is 2. The highest BCUT2D eigenvalue weighted by atomic mass is 16.4. The van der Waals surface area contributed by atoms with Gasteiger partial charge in [0.1, 0.15) is 0 Å². The second-order valence-electron chi connectivity index (χ2n) is 3.24. The van der Waals surface area contributed by atoms with Crippen LogP contribution >= 0.6 is 0 Å². The average molecular weight is 185 g/mol. The van der Waals surface area contributed by atoms with E-state index in [9.17, 15) is 4.79 Å². The third kappa shape index (κ3) is 8.92. The van der Waals surface area contributed by atoms with Crippen LogP contribution in [0.1, 0.15) is 39.5 Å². The summed E-state index contributed by atoms with van der Waals surface area (Å²) in [4.78, 5) is 10.1. The minimum Gasteiger partial charge on any atom is -0.478 e. The van der Waals surface area contributed by atoms with E-state index in [0.29, 0.717) is 6.04 Å². The van der Waals surface area contributed by atoms with Gasteiger partial charge in [0, 0.05) is 18.3 Å². The Morgan fingerprint density at radius 1 is 1.54 bits per heavy atom. The number of carboxylic acid groups (broad SMARTS) is 1. The minimum atomic E-state index is -0.909. The molecule has 0 aliphatic heterocycles. The number of hydrogen-bond acceptors (Lipinski definition) is 2. The SMILES string of the molecule is CCCCCC(C)N/C=C/C(=O)O. The first kappa shape index (κ1) is 12.0. The molecule has 0 amide bonds. The van der Waals surface area contributed by atoms with Gasteiger partial charge in [-0.25, -0.2) is 4.79 Å². The summed E-state index contributed by atoms with van der Waals surface area (Å²) in [6, 6.07) is 0.363. The zero-order valence-electron chi connectivity index (χ0n) is 8.42. The van der Waals surface area contributed by atoms with E-state index in [-0.39, 0.29) is 0 Å². The molecule has 3 nitrogen and oxygen atoms in total. The van der Waals surface area contributed by atoms with Gasteiger partial charge in [0.05, 0.1) is 0 Å². The van der Waals surface area contributed by atoms with Crippen molar-refractivity contribution in [2.45, 2.75) is 45.6 Å². The highest BCUT2D eigenvalue weighted by molar-refractivity contribution is 5.79. The number of carboxylic acids is 1. The van der Waals surface area contributed by atoms with Crippen molar-refractivity contribution in [1.82, 2.24) is 5.32 Å². The molecule has 0 spiro atoms. The smallest absolute Gasteiger partial charge is 0.329 e. The fourth-order valence-electron chi connectivity index (χ4n) is 1.07. The van der Waals surface area contributed by atoms with Crippen LogP contribution < -0.4 is 5.32 Å². The number of carbonyl (C=O) groups is 1. The van der Waals surface area contributed by atoms with Crippen molar-refractivity contribution in [3.8, 4) is 0 Å². The van der Waals surface area contributed by atoms with Crippen LogP contribution in [0.15, 0.2) is 12.3 Å². The third-order valence-electron chi connectivity index (χ3n) is 1.85. The molecule has 0 aliphatic carbocycles. The molecule has 0 rings (SSSR count). The van der Waals surface area contributed by atoms with Gasteiger partial charge in [-0.3, -0.25) is 0 Å². The molecule has 1 atom stereocenters. The predicted octanol–water partition coefficient (Wildman–Crippen LogP) is 2.14. The molecule has 0 saturated carbocycles. The van der Waals surface area contributed by atoms with Crippen LogP contribution in [0.3, 0.4) is 0 Å². The highest BCUT2D eigenvalue weighted by Gasteiger charge is 1.97. The van der Waals surface area contributed by atoms with Crippen molar-refractivity contribution >= 4 is 5.97 Å². The molecule has 76 valence electrons. The largest absolute Gasteiger partial charge is 0.478 e. The lowest BCUT2D eigenvalue weighted by atomic mass is 10.1. The molecule has 2 N–H and O–H groups in total. The summed E-state index contributed by atoms with van der Waals surface area (Å²) in [7, 11) is 0. The molecule has 0 radical (unpaired) electrons. The molecule has 0 heterocycles. The standard InChI is InChI=1S/C10H19NO2/c1-3-4-5-6-9(2)11-8-7-10(12)13/h7-9,11H,3-6H2,1-2H3,(H,12,13)/b8-7+. The quantitative estimate of drug-likeness (QED) is 0.472. The third-order valence-corrected chi connectivity index (χ3v) is 1.85. The predicted molar refractivity (Wildman–Crippen MR) is 53.5 cm³/mol. The Morgan fingerprint density at radius 3 is 2.77 bits per heavy atom. The molecule has 0 aromatic rings. The Morgan fingerprint density at radius 2 is 2.23 bits per heavy atom. The van der Waals surface area contributed by atoms with Crippen LogP contribution in [0.25, 0.3) is 0 Å². The van der Waals surface area contributed by atoms with Gasteiger partial charge in [-0.1, -0.05) is 26.2 Å². The van der Waals surface area contributed by atoms with Crippen molar-refractivity contribution in [3.63, 3.8) is 0 Å².